The SMILES string of the molecule is COc1cc2c(cc1OC)C(C)(C=O)N(C(=O)C1CC1)CC2. The Labute approximate surface area is 130 Å². The van der Waals surface area contributed by atoms with E-state index in [1.54, 1.807) is 19.1 Å². The zero-order chi connectivity index (χ0) is 15.9. The molecule has 1 aromatic rings. The Hall–Kier alpha value is -2.04. The van der Waals surface area contributed by atoms with Crippen LogP contribution in [-0.2, 0) is 21.5 Å². The lowest BCUT2D eigenvalue weighted by molar-refractivity contribution is -0.143. The maximum Gasteiger partial charge on any atom is 0.226 e. The number of hydrogen-bond donors (Lipinski definition) is 0. The number of carbonyl (C=O) groups excluding carboxylic acids is 2. The minimum absolute atomic E-state index is 0.0926. The third-order valence-electron chi connectivity index (χ3n) is 4.74. The van der Waals surface area contributed by atoms with Crippen LogP contribution in [0.1, 0.15) is 30.9 Å². The van der Waals surface area contributed by atoms with Gasteiger partial charge in [0, 0.05) is 12.5 Å². The van der Waals surface area contributed by atoms with E-state index >= 15 is 0 Å². The van der Waals surface area contributed by atoms with Gasteiger partial charge in [-0.2, -0.15) is 0 Å². The van der Waals surface area contributed by atoms with Crippen molar-refractivity contribution in [3.05, 3.63) is 23.3 Å². The van der Waals surface area contributed by atoms with Gasteiger partial charge < -0.3 is 19.2 Å². The summed E-state index contributed by atoms with van der Waals surface area (Å²) in [5, 5.41) is 0. The molecule has 1 aliphatic heterocycles. The highest BCUT2D eigenvalue weighted by atomic mass is 16.5. The number of benzene rings is 1. The van der Waals surface area contributed by atoms with Gasteiger partial charge >= 0.3 is 0 Å². The van der Waals surface area contributed by atoms with Crippen LogP contribution in [-0.4, -0.2) is 37.9 Å². The molecule has 0 aromatic heterocycles. The second kappa shape index (κ2) is 5.30. The van der Waals surface area contributed by atoms with Crippen molar-refractivity contribution in [3.8, 4) is 11.5 Å². The van der Waals surface area contributed by atoms with Crippen LogP contribution in [0.15, 0.2) is 12.1 Å². The lowest BCUT2D eigenvalue weighted by atomic mass is 9.82. The van der Waals surface area contributed by atoms with Gasteiger partial charge in [-0.1, -0.05) is 0 Å². The predicted octanol–water partition coefficient (Wildman–Crippen LogP) is 1.91. The molecular weight excluding hydrogens is 282 g/mol. The predicted molar refractivity (Wildman–Crippen MR) is 81.1 cm³/mol. The summed E-state index contributed by atoms with van der Waals surface area (Å²) in [5.41, 5.74) is 0.930. The van der Waals surface area contributed by atoms with E-state index in [1.165, 1.54) is 0 Å². The number of carbonyl (C=O) groups is 2. The van der Waals surface area contributed by atoms with E-state index in [0.717, 1.165) is 36.7 Å². The van der Waals surface area contributed by atoms with Gasteiger partial charge in [0.25, 0.3) is 0 Å². The second-order valence-electron chi connectivity index (χ2n) is 6.14. The van der Waals surface area contributed by atoms with Gasteiger partial charge in [0.15, 0.2) is 11.5 Å². The molecular formula is C17H21NO4. The van der Waals surface area contributed by atoms with Crippen LogP contribution in [0, 0.1) is 5.92 Å². The number of nitrogens with zero attached hydrogens (tertiary/aromatic N) is 1. The van der Waals surface area contributed by atoms with Gasteiger partial charge in [-0.25, -0.2) is 0 Å². The van der Waals surface area contributed by atoms with E-state index < -0.39 is 5.54 Å². The first-order valence-corrected chi connectivity index (χ1v) is 7.58. The monoisotopic (exact) mass is 303 g/mol. The van der Waals surface area contributed by atoms with Crippen LogP contribution < -0.4 is 9.47 Å². The number of rotatable bonds is 4. The number of methoxy groups -OCH3 is 2. The molecule has 1 amide bonds. The van der Waals surface area contributed by atoms with Crippen molar-refractivity contribution in [2.75, 3.05) is 20.8 Å². The number of fused-ring (bicyclic) bond motifs is 1. The van der Waals surface area contributed by atoms with Crippen molar-refractivity contribution >= 4 is 12.2 Å². The Morgan fingerprint density at radius 3 is 2.45 bits per heavy atom. The lowest BCUT2D eigenvalue weighted by Crippen LogP contribution is -2.53. The van der Waals surface area contributed by atoms with Crippen molar-refractivity contribution in [1.82, 2.24) is 4.90 Å². The highest BCUT2D eigenvalue weighted by molar-refractivity contribution is 5.87. The summed E-state index contributed by atoms with van der Waals surface area (Å²) in [6, 6.07) is 3.74. The average molecular weight is 303 g/mol. The highest BCUT2D eigenvalue weighted by Gasteiger charge is 2.46. The fourth-order valence-corrected chi connectivity index (χ4v) is 3.23. The van der Waals surface area contributed by atoms with Crippen molar-refractivity contribution in [2.24, 2.45) is 5.92 Å². The molecule has 22 heavy (non-hydrogen) atoms. The fraction of sp³-hybridized carbons (Fsp3) is 0.529. The molecule has 2 aliphatic rings. The molecule has 1 heterocycles. The third kappa shape index (κ3) is 2.16. The average Bonchev–Trinajstić information content (AvgIpc) is 3.38. The topological polar surface area (TPSA) is 55.8 Å². The van der Waals surface area contributed by atoms with E-state index in [9.17, 15) is 9.59 Å². The summed E-state index contributed by atoms with van der Waals surface area (Å²) in [7, 11) is 3.16. The van der Waals surface area contributed by atoms with Crippen LogP contribution in [0.2, 0.25) is 0 Å². The van der Waals surface area contributed by atoms with Crippen LogP contribution in [0.4, 0.5) is 0 Å². The number of hydrogen-bond acceptors (Lipinski definition) is 4. The number of amides is 1. The zero-order valence-electron chi connectivity index (χ0n) is 13.2. The maximum atomic E-state index is 12.5. The Morgan fingerprint density at radius 1 is 1.27 bits per heavy atom. The summed E-state index contributed by atoms with van der Waals surface area (Å²) in [6.45, 7) is 2.37. The smallest absolute Gasteiger partial charge is 0.226 e. The van der Waals surface area contributed by atoms with Gasteiger partial charge in [0.05, 0.1) is 14.2 Å². The molecule has 0 N–H and O–H groups in total. The normalized spacial score (nSPS) is 23.7. The first-order chi connectivity index (χ1) is 10.5. The van der Waals surface area contributed by atoms with E-state index in [2.05, 4.69) is 0 Å². The van der Waals surface area contributed by atoms with Gasteiger partial charge in [0.1, 0.15) is 11.8 Å². The highest BCUT2D eigenvalue weighted by Crippen LogP contribution is 2.43. The first-order valence-electron chi connectivity index (χ1n) is 7.58. The van der Waals surface area contributed by atoms with Crippen molar-refractivity contribution in [3.63, 3.8) is 0 Å². The fourth-order valence-electron chi connectivity index (χ4n) is 3.23. The van der Waals surface area contributed by atoms with E-state index in [0.29, 0.717) is 18.0 Å². The molecule has 1 fully saturated rings. The Morgan fingerprint density at radius 2 is 1.91 bits per heavy atom. The quantitative estimate of drug-likeness (QED) is 0.797. The van der Waals surface area contributed by atoms with E-state index in [-0.39, 0.29) is 11.8 Å². The number of ether oxygens (including phenoxy) is 2. The zero-order valence-corrected chi connectivity index (χ0v) is 13.2. The molecule has 1 aliphatic carbocycles. The molecule has 0 bridgehead atoms. The van der Waals surface area contributed by atoms with Gasteiger partial charge in [-0.3, -0.25) is 4.79 Å². The Balaban J connectivity index is 2.08. The van der Waals surface area contributed by atoms with Crippen molar-refractivity contribution in [2.45, 2.75) is 31.7 Å². The Bertz CT molecular complexity index is 623. The van der Waals surface area contributed by atoms with Crippen LogP contribution in [0.25, 0.3) is 0 Å². The minimum Gasteiger partial charge on any atom is -0.493 e. The summed E-state index contributed by atoms with van der Waals surface area (Å²) in [5.74, 6) is 1.42. The van der Waals surface area contributed by atoms with Gasteiger partial charge in [0.2, 0.25) is 5.91 Å². The van der Waals surface area contributed by atoms with Crippen LogP contribution in [0.5, 0.6) is 11.5 Å². The van der Waals surface area contributed by atoms with E-state index in [4.69, 9.17) is 9.47 Å². The third-order valence-corrected chi connectivity index (χ3v) is 4.74. The van der Waals surface area contributed by atoms with Gasteiger partial charge in [-0.05, 0) is 49.4 Å². The maximum absolute atomic E-state index is 12.5. The molecule has 0 saturated heterocycles. The molecule has 5 heteroatoms. The summed E-state index contributed by atoms with van der Waals surface area (Å²) < 4.78 is 10.7. The molecule has 1 atom stereocenters. The lowest BCUT2D eigenvalue weighted by Gasteiger charge is -2.43. The molecule has 1 aromatic carbocycles. The minimum atomic E-state index is -0.938. The molecule has 1 unspecified atom stereocenters. The largest absolute Gasteiger partial charge is 0.493 e. The summed E-state index contributed by atoms with van der Waals surface area (Å²) in [4.78, 5) is 26.2. The van der Waals surface area contributed by atoms with Gasteiger partial charge in [-0.15, -0.1) is 0 Å². The summed E-state index contributed by atoms with van der Waals surface area (Å²) in [6.07, 6.45) is 3.46. The molecule has 5 nitrogen and oxygen atoms in total. The van der Waals surface area contributed by atoms with Crippen LogP contribution >= 0.6 is 0 Å². The molecule has 3 rings (SSSR count). The van der Waals surface area contributed by atoms with Crippen molar-refractivity contribution in [1.29, 1.82) is 0 Å². The standard InChI is InChI=1S/C17H21NO4/c1-17(10-19)13-9-15(22-3)14(21-2)8-12(13)6-7-18(17)16(20)11-4-5-11/h8-11H,4-7H2,1-3H3. The molecule has 1 saturated carbocycles. The molecule has 118 valence electrons. The second-order valence-corrected chi connectivity index (χ2v) is 6.14. The molecule has 0 spiro atoms. The first kappa shape index (κ1) is 14.9. The van der Waals surface area contributed by atoms with Crippen LogP contribution in [0.3, 0.4) is 0 Å². The Kier molecular flexibility index (Phi) is 3.59. The molecule has 0 radical (unpaired) electrons. The van der Waals surface area contributed by atoms with Crippen molar-refractivity contribution < 1.29 is 19.1 Å². The summed E-state index contributed by atoms with van der Waals surface area (Å²) >= 11 is 0. The van der Waals surface area contributed by atoms with E-state index in [1.807, 2.05) is 19.1 Å². The number of aldehydes is 1.